The lowest BCUT2D eigenvalue weighted by Gasteiger charge is -2.42. The number of carbonyl (C=O) groups excluding carboxylic acids is 1. The van der Waals surface area contributed by atoms with Crippen molar-refractivity contribution in [2.45, 2.75) is 52.5 Å². The molecule has 0 aromatic carbocycles. The second kappa shape index (κ2) is 5.51. The maximum absolute atomic E-state index is 12.2. The first-order chi connectivity index (χ1) is 8.91. The molecular weight excluding hydrogens is 242 g/mol. The summed E-state index contributed by atoms with van der Waals surface area (Å²) in [5, 5.41) is 9.36. The van der Waals surface area contributed by atoms with Gasteiger partial charge in [0.1, 0.15) is 0 Å². The van der Waals surface area contributed by atoms with E-state index in [-0.39, 0.29) is 17.9 Å². The third kappa shape index (κ3) is 2.77. The molecule has 4 nitrogen and oxygen atoms in total. The largest absolute Gasteiger partial charge is 0.481 e. The van der Waals surface area contributed by atoms with Crippen LogP contribution in [0.2, 0.25) is 0 Å². The molecule has 0 spiro atoms. The Kier molecular flexibility index (Phi) is 4.16. The molecule has 2 fully saturated rings. The molecule has 2 rings (SSSR count). The van der Waals surface area contributed by atoms with E-state index in [0.717, 1.165) is 6.54 Å². The lowest BCUT2D eigenvalue weighted by atomic mass is 9.80. The quantitative estimate of drug-likeness (QED) is 0.854. The van der Waals surface area contributed by atoms with Crippen molar-refractivity contribution < 1.29 is 14.7 Å². The zero-order chi connectivity index (χ0) is 14.2. The van der Waals surface area contributed by atoms with Crippen LogP contribution >= 0.6 is 0 Å². The molecule has 108 valence electrons. The van der Waals surface area contributed by atoms with Gasteiger partial charge in [0.25, 0.3) is 0 Å². The van der Waals surface area contributed by atoms with Gasteiger partial charge in [-0.15, -0.1) is 0 Å². The van der Waals surface area contributed by atoms with Crippen molar-refractivity contribution in [3.05, 3.63) is 0 Å². The number of aliphatic carboxylic acids is 1. The van der Waals surface area contributed by atoms with Gasteiger partial charge in [-0.1, -0.05) is 26.7 Å². The molecule has 0 aromatic rings. The number of nitrogens with zero attached hydrogens (tertiary/aromatic N) is 1. The number of amides is 1. The fraction of sp³-hybridized carbons (Fsp3) is 0.867. The first kappa shape index (κ1) is 14.4. The third-order valence-corrected chi connectivity index (χ3v) is 5.20. The van der Waals surface area contributed by atoms with Gasteiger partial charge in [0, 0.05) is 19.0 Å². The normalized spacial score (nSPS) is 39.6. The SMILES string of the molecule is CC1CCCC1CN1C(=O)CC(C)C(C(=O)O)C1C. The molecule has 5 unspecified atom stereocenters. The molecule has 19 heavy (non-hydrogen) atoms. The zero-order valence-electron chi connectivity index (χ0n) is 12.1. The van der Waals surface area contributed by atoms with Gasteiger partial charge in [-0.05, 0) is 31.1 Å². The summed E-state index contributed by atoms with van der Waals surface area (Å²) in [5.74, 6) is 0.0945. The summed E-state index contributed by atoms with van der Waals surface area (Å²) >= 11 is 0. The fourth-order valence-electron chi connectivity index (χ4n) is 3.88. The number of hydrogen-bond acceptors (Lipinski definition) is 2. The Labute approximate surface area is 115 Å². The molecule has 2 aliphatic rings. The maximum atomic E-state index is 12.2. The van der Waals surface area contributed by atoms with Gasteiger partial charge in [-0.2, -0.15) is 0 Å². The van der Waals surface area contributed by atoms with Crippen molar-refractivity contribution in [3.63, 3.8) is 0 Å². The Morgan fingerprint density at radius 1 is 1.26 bits per heavy atom. The van der Waals surface area contributed by atoms with Gasteiger partial charge in [-0.3, -0.25) is 9.59 Å². The van der Waals surface area contributed by atoms with Crippen molar-refractivity contribution in [2.24, 2.45) is 23.7 Å². The molecule has 5 atom stereocenters. The molecular formula is C15H25NO3. The van der Waals surface area contributed by atoms with Crippen molar-refractivity contribution >= 4 is 11.9 Å². The van der Waals surface area contributed by atoms with Crippen LogP contribution in [-0.2, 0) is 9.59 Å². The van der Waals surface area contributed by atoms with Gasteiger partial charge >= 0.3 is 5.97 Å². The highest BCUT2D eigenvalue weighted by atomic mass is 16.4. The summed E-state index contributed by atoms with van der Waals surface area (Å²) in [7, 11) is 0. The first-order valence-electron chi connectivity index (χ1n) is 7.44. The Hall–Kier alpha value is -1.06. The van der Waals surface area contributed by atoms with Gasteiger partial charge in [0.05, 0.1) is 5.92 Å². The van der Waals surface area contributed by atoms with E-state index in [0.29, 0.717) is 18.3 Å². The average molecular weight is 267 g/mol. The molecule has 0 bridgehead atoms. The monoisotopic (exact) mass is 267 g/mol. The molecule has 1 N–H and O–H groups in total. The third-order valence-electron chi connectivity index (χ3n) is 5.20. The van der Waals surface area contributed by atoms with Crippen molar-refractivity contribution in [3.8, 4) is 0 Å². The van der Waals surface area contributed by atoms with E-state index >= 15 is 0 Å². The predicted octanol–water partition coefficient (Wildman–Crippen LogP) is 2.38. The van der Waals surface area contributed by atoms with E-state index < -0.39 is 11.9 Å². The standard InChI is InChI=1S/C15H25NO3/c1-9-5-4-6-12(9)8-16-11(3)14(15(18)19)10(2)7-13(16)17/h9-12,14H,4-8H2,1-3H3,(H,18,19). The van der Waals surface area contributed by atoms with Crippen LogP contribution in [0.3, 0.4) is 0 Å². The molecule has 1 aliphatic carbocycles. The maximum Gasteiger partial charge on any atom is 0.308 e. The van der Waals surface area contributed by atoms with Crippen LogP contribution in [0.25, 0.3) is 0 Å². The van der Waals surface area contributed by atoms with Crippen LogP contribution < -0.4 is 0 Å². The Balaban J connectivity index is 2.09. The van der Waals surface area contributed by atoms with Crippen LogP contribution in [0.15, 0.2) is 0 Å². The van der Waals surface area contributed by atoms with Crippen molar-refractivity contribution in [2.75, 3.05) is 6.54 Å². The topological polar surface area (TPSA) is 57.6 Å². The molecule has 0 aromatic heterocycles. The molecule has 0 radical (unpaired) electrons. The van der Waals surface area contributed by atoms with E-state index in [1.807, 2.05) is 18.7 Å². The van der Waals surface area contributed by atoms with E-state index in [1.165, 1.54) is 19.3 Å². The molecule has 1 aliphatic heterocycles. The lowest BCUT2D eigenvalue weighted by molar-refractivity contribution is -0.155. The molecule has 1 saturated heterocycles. The number of rotatable bonds is 3. The van der Waals surface area contributed by atoms with E-state index in [2.05, 4.69) is 6.92 Å². The van der Waals surface area contributed by atoms with Crippen molar-refractivity contribution in [1.29, 1.82) is 0 Å². The molecule has 1 saturated carbocycles. The van der Waals surface area contributed by atoms with Gasteiger partial charge in [0.15, 0.2) is 0 Å². The fourth-order valence-corrected chi connectivity index (χ4v) is 3.88. The summed E-state index contributed by atoms with van der Waals surface area (Å²) in [6.45, 7) is 6.76. The molecule has 1 heterocycles. The van der Waals surface area contributed by atoms with Crippen LogP contribution in [0, 0.1) is 23.7 Å². The summed E-state index contributed by atoms with van der Waals surface area (Å²) in [4.78, 5) is 25.4. The van der Waals surface area contributed by atoms with Crippen LogP contribution in [0.4, 0.5) is 0 Å². The van der Waals surface area contributed by atoms with E-state index in [1.54, 1.807) is 0 Å². The summed E-state index contributed by atoms with van der Waals surface area (Å²) in [5.41, 5.74) is 0. The zero-order valence-corrected chi connectivity index (χ0v) is 12.1. The number of hydrogen-bond donors (Lipinski definition) is 1. The Morgan fingerprint density at radius 2 is 1.95 bits per heavy atom. The smallest absolute Gasteiger partial charge is 0.308 e. The number of piperidine rings is 1. The minimum absolute atomic E-state index is 0.0581. The number of carbonyl (C=O) groups is 2. The lowest BCUT2D eigenvalue weighted by Crippen LogP contribution is -2.54. The molecule has 1 amide bonds. The minimum atomic E-state index is -0.767. The second-order valence-electron chi connectivity index (χ2n) is 6.50. The highest BCUT2D eigenvalue weighted by Crippen LogP contribution is 2.36. The van der Waals surface area contributed by atoms with Gasteiger partial charge in [0.2, 0.25) is 5.91 Å². The van der Waals surface area contributed by atoms with Gasteiger partial charge in [-0.25, -0.2) is 0 Å². The van der Waals surface area contributed by atoms with Gasteiger partial charge < -0.3 is 10.0 Å². The van der Waals surface area contributed by atoms with E-state index in [4.69, 9.17) is 0 Å². The number of carboxylic acids is 1. The molecule has 4 heteroatoms. The van der Waals surface area contributed by atoms with Crippen LogP contribution in [-0.4, -0.2) is 34.5 Å². The number of likely N-dealkylation sites (tertiary alicyclic amines) is 1. The van der Waals surface area contributed by atoms with Crippen molar-refractivity contribution in [1.82, 2.24) is 4.90 Å². The Morgan fingerprint density at radius 3 is 2.47 bits per heavy atom. The summed E-state index contributed by atoms with van der Waals surface area (Å²) in [6.07, 6.45) is 4.02. The predicted molar refractivity (Wildman–Crippen MR) is 72.6 cm³/mol. The van der Waals surface area contributed by atoms with Crippen LogP contribution in [0.5, 0.6) is 0 Å². The van der Waals surface area contributed by atoms with E-state index in [9.17, 15) is 14.7 Å². The summed E-state index contributed by atoms with van der Waals surface area (Å²) < 4.78 is 0. The highest BCUT2D eigenvalue weighted by molar-refractivity contribution is 5.81. The Bertz CT molecular complexity index is 368. The van der Waals surface area contributed by atoms with Crippen LogP contribution in [0.1, 0.15) is 46.5 Å². The minimum Gasteiger partial charge on any atom is -0.481 e. The summed E-state index contributed by atoms with van der Waals surface area (Å²) in [6, 6.07) is -0.179. The average Bonchev–Trinajstić information content (AvgIpc) is 2.69. The number of carboxylic acid groups (broad SMARTS) is 1. The second-order valence-corrected chi connectivity index (χ2v) is 6.50. The first-order valence-corrected chi connectivity index (χ1v) is 7.44. The highest BCUT2D eigenvalue weighted by Gasteiger charge is 2.42.